The van der Waals surface area contributed by atoms with E-state index in [-0.39, 0.29) is 0 Å². The van der Waals surface area contributed by atoms with Crippen molar-refractivity contribution in [3.8, 4) is 0 Å². The van der Waals surface area contributed by atoms with Gasteiger partial charge in [-0.25, -0.2) is 0 Å². The third-order valence-electron chi connectivity index (χ3n) is 1.83. The molecule has 0 aliphatic carbocycles. The zero-order chi connectivity index (χ0) is 11.2. The van der Waals surface area contributed by atoms with Crippen molar-refractivity contribution in [2.75, 3.05) is 11.9 Å². The second-order valence-electron chi connectivity index (χ2n) is 3.15. The Hall–Kier alpha value is -0.590. The van der Waals surface area contributed by atoms with Crippen molar-refractivity contribution in [1.82, 2.24) is 10.2 Å². The summed E-state index contributed by atoms with van der Waals surface area (Å²) in [6, 6.07) is 4.20. The summed E-state index contributed by atoms with van der Waals surface area (Å²) in [4.78, 5) is 0. The summed E-state index contributed by atoms with van der Waals surface area (Å²) in [7, 11) is 0. The molecule has 3 nitrogen and oxygen atoms in total. The molecule has 2 aromatic rings. The highest BCUT2D eigenvalue weighted by molar-refractivity contribution is 8.00. The van der Waals surface area contributed by atoms with Crippen LogP contribution in [0.3, 0.4) is 0 Å². The van der Waals surface area contributed by atoms with E-state index in [1.54, 1.807) is 22.7 Å². The first-order chi connectivity index (χ1) is 7.88. The lowest BCUT2D eigenvalue weighted by Crippen LogP contribution is -1.98. The number of nitrogens with zero attached hydrogens (tertiary/aromatic N) is 2. The molecule has 0 spiro atoms. The highest BCUT2D eigenvalue weighted by Gasteiger charge is 2.04. The Bertz CT molecular complexity index is 411. The molecular weight excluding hydrogens is 258 g/mol. The van der Waals surface area contributed by atoms with Crippen LogP contribution in [0.5, 0.6) is 0 Å². The number of thioether (sulfide) groups is 1. The summed E-state index contributed by atoms with van der Waals surface area (Å²) >= 11 is 5.23. The Kier molecular flexibility index (Phi) is 4.62. The van der Waals surface area contributed by atoms with Crippen LogP contribution < -0.4 is 5.32 Å². The van der Waals surface area contributed by atoms with Gasteiger partial charge in [-0.1, -0.05) is 24.3 Å². The molecule has 0 aromatic carbocycles. The lowest BCUT2D eigenvalue weighted by molar-refractivity contribution is 0.958. The van der Waals surface area contributed by atoms with Gasteiger partial charge in [-0.2, -0.15) is 0 Å². The average Bonchev–Trinajstić information content (AvgIpc) is 2.95. The first-order valence-electron chi connectivity index (χ1n) is 5.11. The van der Waals surface area contributed by atoms with E-state index in [0.29, 0.717) is 0 Å². The second kappa shape index (κ2) is 6.22. The number of rotatable bonds is 6. The van der Waals surface area contributed by atoms with Gasteiger partial charge in [-0.3, -0.25) is 0 Å². The fourth-order valence-electron chi connectivity index (χ4n) is 1.09. The van der Waals surface area contributed by atoms with Gasteiger partial charge in [0.25, 0.3) is 0 Å². The van der Waals surface area contributed by atoms with Gasteiger partial charge in [0, 0.05) is 6.54 Å². The van der Waals surface area contributed by atoms with Gasteiger partial charge in [-0.15, -0.1) is 33.3 Å². The lowest BCUT2D eigenvalue weighted by Gasteiger charge is -1.95. The third-order valence-corrected chi connectivity index (χ3v) is 5.03. The van der Waals surface area contributed by atoms with Crippen LogP contribution in [0.25, 0.3) is 0 Å². The van der Waals surface area contributed by atoms with Crippen molar-refractivity contribution in [2.45, 2.75) is 23.3 Å². The quantitative estimate of drug-likeness (QED) is 0.813. The first kappa shape index (κ1) is 11.9. The molecular formula is C10H13N3S3. The van der Waals surface area contributed by atoms with Crippen LogP contribution in [0.2, 0.25) is 0 Å². The molecule has 0 unspecified atom stereocenters. The molecule has 0 bridgehead atoms. The van der Waals surface area contributed by atoms with Crippen molar-refractivity contribution in [1.29, 1.82) is 0 Å². The van der Waals surface area contributed by atoms with Crippen molar-refractivity contribution in [3.63, 3.8) is 0 Å². The molecule has 0 radical (unpaired) electrons. The minimum absolute atomic E-state index is 0.909. The normalized spacial score (nSPS) is 10.6. The molecule has 2 aromatic heterocycles. The van der Waals surface area contributed by atoms with Gasteiger partial charge in [0.15, 0.2) is 0 Å². The average molecular weight is 271 g/mol. The molecule has 2 heterocycles. The summed E-state index contributed by atoms with van der Waals surface area (Å²) in [6.45, 7) is 3.11. The van der Waals surface area contributed by atoms with Crippen LogP contribution in [-0.4, -0.2) is 16.7 Å². The van der Waals surface area contributed by atoms with Crippen molar-refractivity contribution in [3.05, 3.63) is 22.5 Å². The van der Waals surface area contributed by atoms with Crippen LogP contribution >= 0.6 is 34.4 Å². The summed E-state index contributed by atoms with van der Waals surface area (Å²) in [6.07, 6.45) is 1.11. The Morgan fingerprint density at radius 2 is 2.38 bits per heavy atom. The Labute approximate surface area is 107 Å². The SMILES string of the molecule is CCCNc1nnc(CSc2cccs2)s1. The Morgan fingerprint density at radius 1 is 1.44 bits per heavy atom. The number of hydrogen-bond acceptors (Lipinski definition) is 6. The third kappa shape index (κ3) is 3.47. The van der Waals surface area contributed by atoms with Crippen LogP contribution in [0.15, 0.2) is 21.7 Å². The zero-order valence-electron chi connectivity index (χ0n) is 8.97. The molecule has 0 saturated heterocycles. The Morgan fingerprint density at radius 3 is 3.12 bits per heavy atom. The van der Waals surface area contributed by atoms with Crippen LogP contribution in [-0.2, 0) is 5.75 Å². The zero-order valence-corrected chi connectivity index (χ0v) is 11.4. The maximum absolute atomic E-state index is 4.16. The van der Waals surface area contributed by atoms with Gasteiger partial charge >= 0.3 is 0 Å². The molecule has 0 fully saturated rings. The monoisotopic (exact) mass is 271 g/mol. The summed E-state index contributed by atoms with van der Waals surface area (Å²) < 4.78 is 1.33. The number of thiophene rings is 1. The van der Waals surface area contributed by atoms with E-state index in [1.165, 1.54) is 4.21 Å². The molecule has 0 atom stereocenters. The summed E-state index contributed by atoms with van der Waals surface area (Å²) in [5, 5.41) is 15.6. The van der Waals surface area contributed by atoms with Gasteiger partial charge in [0.1, 0.15) is 5.01 Å². The van der Waals surface area contributed by atoms with Gasteiger partial charge in [-0.05, 0) is 17.9 Å². The number of anilines is 1. The predicted octanol–water partition coefficient (Wildman–Crippen LogP) is 3.71. The standard InChI is InChI=1S/C10H13N3S3/c1-2-5-11-10-13-12-8(16-10)7-15-9-4-3-6-14-9/h3-4,6H,2,5,7H2,1H3,(H,11,13). The Balaban J connectivity index is 1.83. The minimum Gasteiger partial charge on any atom is -0.360 e. The molecule has 0 saturated carbocycles. The van der Waals surface area contributed by atoms with Crippen LogP contribution in [0.4, 0.5) is 5.13 Å². The minimum atomic E-state index is 0.909. The molecule has 16 heavy (non-hydrogen) atoms. The molecule has 86 valence electrons. The lowest BCUT2D eigenvalue weighted by atomic mass is 10.5. The predicted molar refractivity (Wildman–Crippen MR) is 72.6 cm³/mol. The fraction of sp³-hybridized carbons (Fsp3) is 0.400. The van der Waals surface area contributed by atoms with Gasteiger partial charge < -0.3 is 5.32 Å². The van der Waals surface area contributed by atoms with E-state index in [1.807, 2.05) is 11.8 Å². The molecule has 6 heteroatoms. The van der Waals surface area contributed by atoms with Crippen molar-refractivity contribution in [2.24, 2.45) is 0 Å². The number of hydrogen-bond donors (Lipinski definition) is 1. The topological polar surface area (TPSA) is 37.8 Å². The van der Waals surface area contributed by atoms with E-state index >= 15 is 0 Å². The van der Waals surface area contributed by atoms with Gasteiger partial charge in [0.05, 0.1) is 9.96 Å². The largest absolute Gasteiger partial charge is 0.360 e. The highest BCUT2D eigenvalue weighted by Crippen LogP contribution is 2.28. The molecule has 2 rings (SSSR count). The molecule has 0 aliphatic heterocycles. The van der Waals surface area contributed by atoms with E-state index in [2.05, 4.69) is 40.0 Å². The fourth-order valence-corrected chi connectivity index (χ4v) is 3.63. The van der Waals surface area contributed by atoms with Crippen LogP contribution in [0.1, 0.15) is 18.4 Å². The molecule has 0 amide bonds. The van der Waals surface area contributed by atoms with Crippen molar-refractivity contribution < 1.29 is 0 Å². The number of nitrogens with one attached hydrogen (secondary N) is 1. The van der Waals surface area contributed by atoms with E-state index in [4.69, 9.17) is 0 Å². The summed E-state index contributed by atoms with van der Waals surface area (Å²) in [5.41, 5.74) is 0. The maximum atomic E-state index is 4.16. The first-order valence-corrected chi connectivity index (χ1v) is 7.79. The molecule has 1 N–H and O–H groups in total. The second-order valence-corrected chi connectivity index (χ2v) is 6.43. The van der Waals surface area contributed by atoms with E-state index < -0.39 is 0 Å². The summed E-state index contributed by atoms with van der Waals surface area (Å²) in [5.74, 6) is 0.909. The van der Waals surface area contributed by atoms with E-state index in [0.717, 1.165) is 28.9 Å². The maximum Gasteiger partial charge on any atom is 0.205 e. The van der Waals surface area contributed by atoms with Crippen LogP contribution in [0, 0.1) is 0 Å². The smallest absolute Gasteiger partial charge is 0.205 e. The van der Waals surface area contributed by atoms with E-state index in [9.17, 15) is 0 Å². The highest BCUT2D eigenvalue weighted by atomic mass is 32.2. The number of aromatic nitrogens is 2. The molecule has 0 aliphatic rings. The van der Waals surface area contributed by atoms with Crippen molar-refractivity contribution >= 4 is 39.6 Å². The van der Waals surface area contributed by atoms with Gasteiger partial charge in [0.2, 0.25) is 5.13 Å².